The largest absolute Gasteiger partial charge is 0.271 e. The molecule has 0 amide bonds. The maximum Gasteiger partial charge on any atom is 0.0505 e. The summed E-state index contributed by atoms with van der Waals surface area (Å²) < 4.78 is 0. The van der Waals surface area contributed by atoms with Crippen LogP contribution in [0.15, 0.2) is 36.4 Å². The van der Waals surface area contributed by atoms with Crippen molar-refractivity contribution >= 4 is 0 Å². The van der Waals surface area contributed by atoms with E-state index in [4.69, 9.17) is 5.84 Å². The molecule has 112 valence electrons. The molecule has 0 fully saturated rings. The number of hydrazine groups is 1. The smallest absolute Gasteiger partial charge is 0.0505 e. The Morgan fingerprint density at radius 1 is 0.952 bits per heavy atom. The van der Waals surface area contributed by atoms with Gasteiger partial charge in [0.05, 0.1) is 6.04 Å². The minimum absolute atomic E-state index is 0.151. The first kappa shape index (κ1) is 15.7. The number of benzene rings is 2. The highest BCUT2D eigenvalue weighted by molar-refractivity contribution is 5.40. The van der Waals surface area contributed by atoms with Crippen molar-refractivity contribution in [3.8, 4) is 0 Å². The predicted molar refractivity (Wildman–Crippen MR) is 90.2 cm³/mol. The van der Waals surface area contributed by atoms with Crippen LogP contribution in [0.1, 0.15) is 46.3 Å². The summed E-state index contributed by atoms with van der Waals surface area (Å²) in [7, 11) is 0. The fraction of sp³-hybridized carbons (Fsp3) is 0.368. The highest BCUT2D eigenvalue weighted by Crippen LogP contribution is 2.26. The van der Waals surface area contributed by atoms with Crippen molar-refractivity contribution in [3.63, 3.8) is 0 Å². The van der Waals surface area contributed by atoms with Crippen LogP contribution in [0.2, 0.25) is 0 Å². The molecule has 2 heteroatoms. The summed E-state index contributed by atoms with van der Waals surface area (Å²) >= 11 is 0. The van der Waals surface area contributed by atoms with Crippen LogP contribution in [0.5, 0.6) is 0 Å². The molecule has 0 heterocycles. The first-order valence-electron chi connectivity index (χ1n) is 7.66. The van der Waals surface area contributed by atoms with Gasteiger partial charge in [-0.05, 0) is 61.4 Å². The second-order valence-corrected chi connectivity index (χ2v) is 5.91. The molecule has 0 aliphatic carbocycles. The minimum atomic E-state index is 0.151. The zero-order valence-electron chi connectivity index (χ0n) is 13.5. The third-order valence-electron chi connectivity index (χ3n) is 4.16. The van der Waals surface area contributed by atoms with E-state index in [1.807, 2.05) is 0 Å². The standard InChI is InChI=1S/C19H26N2/c1-5-16-6-8-17(9-7-16)12-18(21-20)19-14(3)10-13(2)11-15(19)4/h6-11,18,21H,5,12,20H2,1-4H3. The van der Waals surface area contributed by atoms with Gasteiger partial charge in [-0.15, -0.1) is 0 Å². The van der Waals surface area contributed by atoms with Gasteiger partial charge < -0.3 is 0 Å². The SMILES string of the molecule is CCc1ccc(CC(NN)c2c(C)cc(C)cc2C)cc1. The number of aryl methyl sites for hydroxylation is 4. The molecular weight excluding hydrogens is 256 g/mol. The molecule has 2 aromatic rings. The van der Waals surface area contributed by atoms with Crippen molar-refractivity contribution in [2.75, 3.05) is 0 Å². The number of nitrogens with one attached hydrogen (secondary N) is 1. The monoisotopic (exact) mass is 282 g/mol. The van der Waals surface area contributed by atoms with Crippen LogP contribution in [0.4, 0.5) is 0 Å². The molecule has 0 bridgehead atoms. The van der Waals surface area contributed by atoms with Crippen LogP contribution < -0.4 is 11.3 Å². The van der Waals surface area contributed by atoms with Gasteiger partial charge in [0.2, 0.25) is 0 Å². The summed E-state index contributed by atoms with van der Waals surface area (Å²) in [6, 6.07) is 13.4. The number of nitrogens with two attached hydrogens (primary N) is 1. The summed E-state index contributed by atoms with van der Waals surface area (Å²) in [6.07, 6.45) is 1.99. The van der Waals surface area contributed by atoms with Crippen LogP contribution in [-0.4, -0.2) is 0 Å². The van der Waals surface area contributed by atoms with Gasteiger partial charge in [-0.1, -0.05) is 48.9 Å². The predicted octanol–water partition coefficient (Wildman–Crippen LogP) is 3.92. The van der Waals surface area contributed by atoms with Crippen LogP contribution in [0.3, 0.4) is 0 Å². The van der Waals surface area contributed by atoms with E-state index in [1.54, 1.807) is 0 Å². The van der Waals surface area contributed by atoms with Crippen molar-refractivity contribution in [2.24, 2.45) is 5.84 Å². The fourth-order valence-corrected chi connectivity index (χ4v) is 3.13. The molecular formula is C19H26N2. The Labute approximate surface area is 128 Å². The lowest BCUT2D eigenvalue weighted by atomic mass is 9.90. The molecule has 0 saturated carbocycles. The Morgan fingerprint density at radius 3 is 1.95 bits per heavy atom. The average molecular weight is 282 g/mol. The zero-order chi connectivity index (χ0) is 15.4. The molecule has 2 rings (SSSR count). The molecule has 1 atom stereocenters. The van der Waals surface area contributed by atoms with Gasteiger partial charge >= 0.3 is 0 Å². The number of hydrogen-bond acceptors (Lipinski definition) is 2. The minimum Gasteiger partial charge on any atom is -0.271 e. The van der Waals surface area contributed by atoms with Gasteiger partial charge in [-0.3, -0.25) is 11.3 Å². The van der Waals surface area contributed by atoms with Gasteiger partial charge in [-0.25, -0.2) is 0 Å². The third kappa shape index (κ3) is 3.72. The molecule has 2 aromatic carbocycles. The normalized spacial score (nSPS) is 12.4. The van der Waals surface area contributed by atoms with Crippen LogP contribution in [0.25, 0.3) is 0 Å². The van der Waals surface area contributed by atoms with E-state index in [2.05, 4.69) is 69.5 Å². The summed E-state index contributed by atoms with van der Waals surface area (Å²) in [4.78, 5) is 0. The van der Waals surface area contributed by atoms with Crippen molar-refractivity contribution in [1.82, 2.24) is 5.43 Å². The second-order valence-electron chi connectivity index (χ2n) is 5.91. The van der Waals surface area contributed by atoms with E-state index >= 15 is 0 Å². The Hall–Kier alpha value is -1.64. The van der Waals surface area contributed by atoms with Crippen LogP contribution >= 0.6 is 0 Å². The number of hydrogen-bond donors (Lipinski definition) is 2. The van der Waals surface area contributed by atoms with E-state index in [0.29, 0.717) is 0 Å². The van der Waals surface area contributed by atoms with Gasteiger partial charge in [-0.2, -0.15) is 0 Å². The Kier molecular flexibility index (Phi) is 5.16. The molecule has 3 N–H and O–H groups in total. The van der Waals surface area contributed by atoms with Crippen molar-refractivity contribution in [2.45, 2.75) is 46.6 Å². The molecule has 1 unspecified atom stereocenters. The van der Waals surface area contributed by atoms with Crippen LogP contribution in [-0.2, 0) is 12.8 Å². The molecule has 2 nitrogen and oxygen atoms in total. The molecule has 0 aliphatic heterocycles. The Morgan fingerprint density at radius 2 is 1.48 bits per heavy atom. The van der Waals surface area contributed by atoms with E-state index in [1.165, 1.54) is 33.4 Å². The summed E-state index contributed by atoms with van der Waals surface area (Å²) in [5.74, 6) is 5.83. The molecule has 0 aliphatic rings. The quantitative estimate of drug-likeness (QED) is 0.644. The highest BCUT2D eigenvalue weighted by Gasteiger charge is 2.15. The maximum absolute atomic E-state index is 5.83. The molecule has 0 aromatic heterocycles. The second kappa shape index (κ2) is 6.88. The first-order valence-corrected chi connectivity index (χ1v) is 7.66. The van der Waals surface area contributed by atoms with Crippen molar-refractivity contribution in [1.29, 1.82) is 0 Å². The van der Waals surface area contributed by atoms with Crippen molar-refractivity contribution < 1.29 is 0 Å². The van der Waals surface area contributed by atoms with E-state index < -0.39 is 0 Å². The molecule has 0 spiro atoms. The van der Waals surface area contributed by atoms with E-state index in [9.17, 15) is 0 Å². The maximum atomic E-state index is 5.83. The lowest BCUT2D eigenvalue weighted by Gasteiger charge is -2.22. The number of rotatable bonds is 5. The lowest BCUT2D eigenvalue weighted by Crippen LogP contribution is -2.30. The van der Waals surface area contributed by atoms with Crippen LogP contribution in [0, 0.1) is 20.8 Å². The molecule has 0 saturated heterocycles. The molecule has 21 heavy (non-hydrogen) atoms. The summed E-state index contributed by atoms with van der Waals surface area (Å²) in [5, 5.41) is 0. The van der Waals surface area contributed by atoms with Gasteiger partial charge in [0.15, 0.2) is 0 Å². The zero-order valence-corrected chi connectivity index (χ0v) is 13.5. The molecule has 0 radical (unpaired) electrons. The fourth-order valence-electron chi connectivity index (χ4n) is 3.13. The Balaban J connectivity index is 2.27. The highest BCUT2D eigenvalue weighted by atomic mass is 15.2. The summed E-state index contributed by atoms with van der Waals surface area (Å²) in [6.45, 7) is 8.65. The van der Waals surface area contributed by atoms with Gasteiger partial charge in [0.25, 0.3) is 0 Å². The lowest BCUT2D eigenvalue weighted by molar-refractivity contribution is 0.546. The first-order chi connectivity index (χ1) is 10.0. The summed E-state index contributed by atoms with van der Waals surface area (Å²) in [5.41, 5.74) is 10.9. The van der Waals surface area contributed by atoms with E-state index in [-0.39, 0.29) is 6.04 Å². The third-order valence-corrected chi connectivity index (χ3v) is 4.16. The Bertz CT molecular complexity index is 576. The van der Waals surface area contributed by atoms with Gasteiger partial charge in [0, 0.05) is 0 Å². The average Bonchev–Trinajstić information content (AvgIpc) is 2.45. The van der Waals surface area contributed by atoms with E-state index in [0.717, 1.165) is 12.8 Å². The topological polar surface area (TPSA) is 38.0 Å². The van der Waals surface area contributed by atoms with Gasteiger partial charge in [0.1, 0.15) is 0 Å². The van der Waals surface area contributed by atoms with Crippen molar-refractivity contribution in [3.05, 3.63) is 69.8 Å².